The maximum atomic E-state index is 11.4. The van der Waals surface area contributed by atoms with Crippen LogP contribution in [-0.4, -0.2) is 33.9 Å². The van der Waals surface area contributed by atoms with E-state index in [4.69, 9.17) is 10.8 Å². The van der Waals surface area contributed by atoms with Gasteiger partial charge in [0, 0.05) is 29.7 Å². The van der Waals surface area contributed by atoms with Gasteiger partial charge in [-0.15, -0.1) is 0 Å². The van der Waals surface area contributed by atoms with Crippen molar-refractivity contribution in [3.63, 3.8) is 0 Å². The highest BCUT2D eigenvalue weighted by molar-refractivity contribution is 6.05. The summed E-state index contributed by atoms with van der Waals surface area (Å²) in [6.45, 7) is 3.25. The first-order valence-electron chi connectivity index (χ1n) is 6.76. The molecule has 0 saturated heterocycles. The van der Waals surface area contributed by atoms with Gasteiger partial charge in [-0.1, -0.05) is 6.07 Å². The average Bonchev–Trinajstić information content (AvgIpc) is 2.70. The Kier molecular flexibility index (Phi) is 4.42. The molecule has 0 aliphatic rings. The van der Waals surface area contributed by atoms with E-state index in [1.54, 1.807) is 12.1 Å². The van der Waals surface area contributed by atoms with Crippen molar-refractivity contribution in [2.24, 2.45) is 5.73 Å². The third-order valence-corrected chi connectivity index (χ3v) is 3.64. The fraction of sp³-hybridized carbons (Fsp3) is 0.400. The zero-order chi connectivity index (χ0) is 14.7. The molecule has 4 N–H and O–H groups in total. The lowest BCUT2D eigenvalue weighted by Crippen LogP contribution is -2.06. The minimum absolute atomic E-state index is 0.115. The van der Waals surface area contributed by atoms with E-state index in [1.807, 2.05) is 13.0 Å². The van der Waals surface area contributed by atoms with Crippen LogP contribution in [0.2, 0.25) is 0 Å². The molecule has 1 aromatic heterocycles. The second-order valence-electron chi connectivity index (χ2n) is 4.84. The molecule has 108 valence electrons. The molecule has 1 aromatic carbocycles. The summed E-state index contributed by atoms with van der Waals surface area (Å²) < 4.78 is 2.07. The summed E-state index contributed by atoms with van der Waals surface area (Å²) in [5.41, 5.74) is 8.91. The molecule has 5 nitrogen and oxygen atoms in total. The number of nitrogens with zero attached hydrogens (tertiary/aromatic N) is 1. The summed E-state index contributed by atoms with van der Waals surface area (Å²) in [6, 6.07) is 5.31. The van der Waals surface area contributed by atoms with Gasteiger partial charge in [-0.25, -0.2) is 4.79 Å². The van der Waals surface area contributed by atoms with Gasteiger partial charge in [0.05, 0.1) is 5.56 Å². The third-order valence-electron chi connectivity index (χ3n) is 3.64. The van der Waals surface area contributed by atoms with Gasteiger partial charge in [-0.3, -0.25) is 0 Å². The molecule has 0 radical (unpaired) electrons. The van der Waals surface area contributed by atoms with Gasteiger partial charge in [-0.05, 0) is 44.0 Å². The second kappa shape index (κ2) is 6.07. The largest absolute Gasteiger partial charge is 0.478 e. The molecule has 0 bridgehead atoms. The molecule has 0 amide bonds. The molecule has 2 aromatic rings. The quantitative estimate of drug-likeness (QED) is 0.746. The van der Waals surface area contributed by atoms with Crippen molar-refractivity contribution in [2.75, 3.05) is 13.2 Å². The Bertz CT molecular complexity index is 632. The van der Waals surface area contributed by atoms with Gasteiger partial charge in [0.25, 0.3) is 0 Å². The molecule has 0 fully saturated rings. The first kappa shape index (κ1) is 14.6. The first-order valence-corrected chi connectivity index (χ1v) is 6.76. The predicted molar refractivity (Wildman–Crippen MR) is 78.1 cm³/mol. The van der Waals surface area contributed by atoms with Crippen LogP contribution in [0.5, 0.6) is 0 Å². The monoisotopic (exact) mass is 276 g/mol. The number of benzene rings is 1. The number of hydrogen-bond donors (Lipinski definition) is 3. The highest BCUT2D eigenvalue weighted by atomic mass is 16.4. The van der Waals surface area contributed by atoms with Crippen LogP contribution >= 0.6 is 0 Å². The maximum Gasteiger partial charge on any atom is 0.336 e. The Labute approximate surface area is 117 Å². The van der Waals surface area contributed by atoms with Crippen LogP contribution in [0.3, 0.4) is 0 Å². The van der Waals surface area contributed by atoms with E-state index in [2.05, 4.69) is 4.57 Å². The summed E-state index contributed by atoms with van der Waals surface area (Å²) in [4.78, 5) is 11.4. The van der Waals surface area contributed by atoms with Crippen LogP contribution in [0.15, 0.2) is 18.2 Å². The average molecular weight is 276 g/mol. The van der Waals surface area contributed by atoms with Crippen molar-refractivity contribution in [3.05, 3.63) is 35.0 Å². The lowest BCUT2D eigenvalue weighted by atomic mass is 10.0. The van der Waals surface area contributed by atoms with Crippen molar-refractivity contribution in [1.82, 2.24) is 4.57 Å². The fourth-order valence-electron chi connectivity index (χ4n) is 2.75. The number of carbonyl (C=O) groups is 1. The summed E-state index contributed by atoms with van der Waals surface area (Å²) in [5, 5.41) is 19.2. The predicted octanol–water partition coefficient (Wildman–Crippen LogP) is 1.53. The lowest BCUT2D eigenvalue weighted by molar-refractivity contribution is 0.0699. The number of fused-ring (bicyclic) bond motifs is 1. The van der Waals surface area contributed by atoms with Crippen molar-refractivity contribution >= 4 is 16.9 Å². The van der Waals surface area contributed by atoms with Crippen LogP contribution in [0, 0.1) is 6.92 Å². The zero-order valence-electron chi connectivity index (χ0n) is 11.6. The van der Waals surface area contributed by atoms with Gasteiger partial charge in [0.1, 0.15) is 0 Å². The minimum Gasteiger partial charge on any atom is -0.478 e. The SMILES string of the molecule is Cc1c(CCN)c2c(C(=O)O)cccc2n1CCCO. The van der Waals surface area contributed by atoms with Gasteiger partial charge in [0.2, 0.25) is 0 Å². The molecular weight excluding hydrogens is 256 g/mol. The first-order chi connectivity index (χ1) is 9.61. The lowest BCUT2D eigenvalue weighted by Gasteiger charge is -2.07. The van der Waals surface area contributed by atoms with E-state index in [0.717, 1.165) is 22.2 Å². The van der Waals surface area contributed by atoms with Gasteiger partial charge in [-0.2, -0.15) is 0 Å². The Balaban J connectivity index is 2.72. The van der Waals surface area contributed by atoms with Crippen molar-refractivity contribution in [2.45, 2.75) is 26.3 Å². The Morgan fingerprint density at radius 1 is 1.40 bits per heavy atom. The van der Waals surface area contributed by atoms with Crippen molar-refractivity contribution in [1.29, 1.82) is 0 Å². The van der Waals surface area contributed by atoms with Crippen molar-refractivity contribution in [3.8, 4) is 0 Å². The minimum atomic E-state index is -0.923. The Hall–Kier alpha value is -1.85. The highest BCUT2D eigenvalue weighted by Crippen LogP contribution is 2.29. The van der Waals surface area contributed by atoms with Crippen LogP contribution in [0.25, 0.3) is 10.9 Å². The van der Waals surface area contributed by atoms with E-state index in [-0.39, 0.29) is 6.61 Å². The number of nitrogens with two attached hydrogens (primary N) is 1. The number of aliphatic hydroxyl groups is 1. The molecule has 0 aliphatic heterocycles. The van der Waals surface area contributed by atoms with Gasteiger partial charge < -0.3 is 20.5 Å². The summed E-state index contributed by atoms with van der Waals surface area (Å²) in [5.74, 6) is -0.923. The summed E-state index contributed by atoms with van der Waals surface area (Å²) in [7, 11) is 0. The van der Waals surface area contributed by atoms with E-state index in [0.29, 0.717) is 31.5 Å². The van der Waals surface area contributed by atoms with Crippen LogP contribution in [0.4, 0.5) is 0 Å². The topological polar surface area (TPSA) is 88.5 Å². The van der Waals surface area contributed by atoms with E-state index >= 15 is 0 Å². The van der Waals surface area contributed by atoms with Crippen LogP contribution in [-0.2, 0) is 13.0 Å². The van der Waals surface area contributed by atoms with Crippen LogP contribution < -0.4 is 5.73 Å². The molecule has 0 saturated carbocycles. The van der Waals surface area contributed by atoms with E-state index < -0.39 is 5.97 Å². The highest BCUT2D eigenvalue weighted by Gasteiger charge is 2.19. The zero-order valence-corrected chi connectivity index (χ0v) is 11.6. The maximum absolute atomic E-state index is 11.4. The molecule has 20 heavy (non-hydrogen) atoms. The molecule has 0 unspecified atom stereocenters. The Morgan fingerprint density at radius 3 is 2.75 bits per heavy atom. The summed E-state index contributed by atoms with van der Waals surface area (Å²) >= 11 is 0. The molecular formula is C15H20N2O3. The molecule has 1 heterocycles. The molecule has 5 heteroatoms. The number of rotatable bonds is 6. The molecule has 0 aliphatic carbocycles. The number of carboxylic acid groups (broad SMARTS) is 1. The molecule has 2 rings (SSSR count). The second-order valence-corrected chi connectivity index (χ2v) is 4.84. The van der Waals surface area contributed by atoms with Gasteiger partial charge in [0.15, 0.2) is 0 Å². The van der Waals surface area contributed by atoms with Crippen LogP contribution in [0.1, 0.15) is 28.0 Å². The van der Waals surface area contributed by atoms with E-state index in [1.165, 1.54) is 0 Å². The third kappa shape index (κ3) is 2.42. The van der Waals surface area contributed by atoms with Gasteiger partial charge >= 0.3 is 5.97 Å². The van der Waals surface area contributed by atoms with E-state index in [9.17, 15) is 9.90 Å². The number of aryl methyl sites for hydroxylation is 1. The smallest absolute Gasteiger partial charge is 0.336 e. The normalized spacial score (nSPS) is 11.2. The number of carboxylic acids is 1. The number of aromatic nitrogens is 1. The Morgan fingerprint density at radius 2 is 2.15 bits per heavy atom. The number of aromatic carboxylic acids is 1. The van der Waals surface area contributed by atoms with Crippen molar-refractivity contribution < 1.29 is 15.0 Å². The number of aliphatic hydroxyl groups excluding tert-OH is 1. The standard InChI is InChI=1S/C15H20N2O3/c1-10-11(6-7-16)14-12(15(19)20)4-2-5-13(14)17(10)8-3-9-18/h2,4-5,18H,3,6-9,16H2,1H3,(H,19,20). The number of hydrogen-bond acceptors (Lipinski definition) is 3. The molecule has 0 atom stereocenters. The summed E-state index contributed by atoms with van der Waals surface area (Å²) in [6.07, 6.45) is 1.29. The fourth-order valence-corrected chi connectivity index (χ4v) is 2.75. The molecule has 0 spiro atoms.